The summed E-state index contributed by atoms with van der Waals surface area (Å²) in [6.07, 6.45) is 3.85. The number of piperidine rings is 1. The van der Waals surface area contributed by atoms with Crippen molar-refractivity contribution in [3.8, 4) is 0 Å². The molecule has 0 bridgehead atoms. The maximum Gasteiger partial charge on any atom is 0.223 e. The molecular formula is C20H22FN3O2. The summed E-state index contributed by atoms with van der Waals surface area (Å²) in [7, 11) is 0. The minimum Gasteiger partial charge on any atom is -0.343 e. The van der Waals surface area contributed by atoms with Crippen molar-refractivity contribution in [1.82, 2.24) is 14.9 Å². The highest BCUT2D eigenvalue weighted by molar-refractivity contribution is 5.97. The molecule has 0 spiro atoms. The van der Waals surface area contributed by atoms with Crippen molar-refractivity contribution in [2.24, 2.45) is 0 Å². The molecule has 2 heterocycles. The molecule has 26 heavy (non-hydrogen) atoms. The Hall–Kier alpha value is -2.63. The molecule has 2 aromatic rings. The molecule has 0 N–H and O–H groups in total. The number of Topliss-reactive ketones (excluding diaryl/α,β-unsaturated/α-hetero) is 1. The van der Waals surface area contributed by atoms with Crippen LogP contribution in [0.4, 0.5) is 4.39 Å². The summed E-state index contributed by atoms with van der Waals surface area (Å²) in [5.74, 6) is 0.601. The average Bonchev–Trinajstić information content (AvgIpc) is 2.66. The number of carbonyl (C=O) groups is 2. The van der Waals surface area contributed by atoms with Crippen LogP contribution in [0.15, 0.2) is 36.5 Å². The number of likely N-dealkylation sites (tertiary alicyclic amines) is 1. The molecule has 1 fully saturated rings. The zero-order valence-electron chi connectivity index (χ0n) is 14.8. The van der Waals surface area contributed by atoms with Gasteiger partial charge >= 0.3 is 0 Å². The number of halogens is 1. The first-order valence-corrected chi connectivity index (χ1v) is 8.89. The molecule has 1 saturated heterocycles. The molecule has 1 aromatic heterocycles. The topological polar surface area (TPSA) is 63.2 Å². The van der Waals surface area contributed by atoms with Gasteiger partial charge in [0.2, 0.25) is 5.91 Å². The smallest absolute Gasteiger partial charge is 0.223 e. The fraction of sp³-hybridized carbons (Fsp3) is 0.400. The van der Waals surface area contributed by atoms with Gasteiger partial charge in [-0.15, -0.1) is 0 Å². The van der Waals surface area contributed by atoms with E-state index in [1.807, 2.05) is 17.9 Å². The number of hydrogen-bond donors (Lipinski definition) is 0. The molecule has 1 amide bonds. The van der Waals surface area contributed by atoms with Gasteiger partial charge in [0, 0.05) is 49.3 Å². The van der Waals surface area contributed by atoms with E-state index in [1.165, 1.54) is 24.3 Å². The lowest BCUT2D eigenvalue weighted by Gasteiger charge is -2.31. The van der Waals surface area contributed by atoms with Crippen molar-refractivity contribution in [3.63, 3.8) is 0 Å². The zero-order chi connectivity index (χ0) is 18.5. The van der Waals surface area contributed by atoms with Gasteiger partial charge < -0.3 is 4.90 Å². The summed E-state index contributed by atoms with van der Waals surface area (Å²) >= 11 is 0. The lowest BCUT2D eigenvalue weighted by Crippen LogP contribution is -2.38. The number of ketones is 1. The highest BCUT2D eigenvalue weighted by Crippen LogP contribution is 2.27. The van der Waals surface area contributed by atoms with E-state index in [-0.39, 0.29) is 30.3 Å². The maximum absolute atomic E-state index is 12.9. The van der Waals surface area contributed by atoms with Crippen LogP contribution in [0.3, 0.4) is 0 Å². The summed E-state index contributed by atoms with van der Waals surface area (Å²) in [5.41, 5.74) is 1.48. The summed E-state index contributed by atoms with van der Waals surface area (Å²) in [6.45, 7) is 3.23. The molecule has 0 atom stereocenters. The number of amides is 1. The van der Waals surface area contributed by atoms with Crippen molar-refractivity contribution in [1.29, 1.82) is 0 Å². The average molecular weight is 355 g/mol. The van der Waals surface area contributed by atoms with Crippen LogP contribution in [0.25, 0.3) is 0 Å². The molecule has 1 aliphatic rings. The Kier molecular flexibility index (Phi) is 5.71. The number of aryl methyl sites for hydroxylation is 1. The van der Waals surface area contributed by atoms with Gasteiger partial charge in [-0.25, -0.2) is 14.4 Å². The third-order valence-corrected chi connectivity index (χ3v) is 4.80. The van der Waals surface area contributed by atoms with E-state index in [0.717, 1.165) is 24.4 Å². The van der Waals surface area contributed by atoms with Crippen molar-refractivity contribution < 1.29 is 14.0 Å². The molecule has 0 aliphatic carbocycles. The third kappa shape index (κ3) is 4.50. The first-order chi connectivity index (χ1) is 12.5. The summed E-state index contributed by atoms with van der Waals surface area (Å²) in [5, 5.41) is 0. The van der Waals surface area contributed by atoms with Gasteiger partial charge in [0.05, 0.1) is 0 Å². The molecule has 3 rings (SSSR count). The van der Waals surface area contributed by atoms with Gasteiger partial charge in [-0.1, -0.05) is 0 Å². The fourth-order valence-electron chi connectivity index (χ4n) is 3.29. The predicted molar refractivity (Wildman–Crippen MR) is 95.3 cm³/mol. The van der Waals surface area contributed by atoms with Gasteiger partial charge in [-0.05, 0) is 50.1 Å². The Morgan fingerprint density at radius 1 is 1.12 bits per heavy atom. The molecule has 136 valence electrons. The Morgan fingerprint density at radius 3 is 2.46 bits per heavy atom. The number of aromatic nitrogens is 2. The monoisotopic (exact) mass is 355 g/mol. The Labute approximate surface area is 152 Å². The molecule has 1 aromatic carbocycles. The lowest BCUT2D eigenvalue weighted by molar-refractivity contribution is -0.132. The van der Waals surface area contributed by atoms with Crippen molar-refractivity contribution >= 4 is 11.7 Å². The van der Waals surface area contributed by atoms with Gasteiger partial charge in [-0.2, -0.15) is 0 Å². The number of benzene rings is 1. The minimum atomic E-state index is -0.376. The SMILES string of the molecule is Cc1nccc(C2CCN(C(=O)CCC(=O)c3ccc(F)cc3)CC2)n1. The third-order valence-electron chi connectivity index (χ3n) is 4.80. The van der Waals surface area contributed by atoms with Crippen LogP contribution in [-0.2, 0) is 4.79 Å². The Morgan fingerprint density at radius 2 is 1.81 bits per heavy atom. The molecule has 0 unspecified atom stereocenters. The van der Waals surface area contributed by atoms with Crippen LogP contribution >= 0.6 is 0 Å². The minimum absolute atomic E-state index is 0.00206. The Balaban J connectivity index is 1.47. The number of carbonyl (C=O) groups excluding carboxylic acids is 2. The molecule has 1 aliphatic heterocycles. The lowest BCUT2D eigenvalue weighted by atomic mass is 9.93. The van der Waals surface area contributed by atoms with E-state index in [9.17, 15) is 14.0 Å². The van der Waals surface area contributed by atoms with Crippen LogP contribution in [0.1, 0.15) is 53.5 Å². The zero-order valence-corrected chi connectivity index (χ0v) is 14.8. The second-order valence-corrected chi connectivity index (χ2v) is 6.61. The van der Waals surface area contributed by atoms with Crippen LogP contribution in [-0.4, -0.2) is 39.6 Å². The predicted octanol–water partition coefficient (Wildman–Crippen LogP) is 3.29. The number of nitrogens with zero attached hydrogens (tertiary/aromatic N) is 3. The fourth-order valence-corrected chi connectivity index (χ4v) is 3.29. The van der Waals surface area contributed by atoms with Crippen LogP contribution in [0.5, 0.6) is 0 Å². The van der Waals surface area contributed by atoms with Gasteiger partial charge in [0.15, 0.2) is 5.78 Å². The standard InChI is InChI=1S/C20H22FN3O2/c1-14-22-11-8-18(23-14)15-9-12-24(13-10-15)20(26)7-6-19(25)16-2-4-17(21)5-3-16/h2-5,8,11,15H,6-7,9-10,12-13H2,1H3. The van der Waals surface area contributed by atoms with Crippen molar-refractivity contribution in [2.75, 3.05) is 13.1 Å². The van der Waals surface area contributed by atoms with Gasteiger partial charge in [0.1, 0.15) is 11.6 Å². The molecule has 0 saturated carbocycles. The van der Waals surface area contributed by atoms with Crippen LogP contribution in [0.2, 0.25) is 0 Å². The van der Waals surface area contributed by atoms with E-state index in [0.29, 0.717) is 24.6 Å². The Bertz CT molecular complexity index is 784. The van der Waals surface area contributed by atoms with Gasteiger partial charge in [0.25, 0.3) is 0 Å². The highest BCUT2D eigenvalue weighted by atomic mass is 19.1. The summed E-state index contributed by atoms with van der Waals surface area (Å²) < 4.78 is 12.9. The second-order valence-electron chi connectivity index (χ2n) is 6.61. The number of rotatable bonds is 5. The van der Waals surface area contributed by atoms with E-state index in [1.54, 1.807) is 6.20 Å². The highest BCUT2D eigenvalue weighted by Gasteiger charge is 2.25. The largest absolute Gasteiger partial charge is 0.343 e. The first-order valence-electron chi connectivity index (χ1n) is 8.89. The van der Waals surface area contributed by atoms with Crippen LogP contribution < -0.4 is 0 Å². The normalized spacial score (nSPS) is 15.1. The maximum atomic E-state index is 12.9. The molecular weight excluding hydrogens is 333 g/mol. The molecule has 5 nitrogen and oxygen atoms in total. The molecule has 0 radical (unpaired) electrons. The van der Waals surface area contributed by atoms with Crippen molar-refractivity contribution in [3.05, 3.63) is 59.4 Å². The van der Waals surface area contributed by atoms with E-state index in [4.69, 9.17) is 0 Å². The summed E-state index contributed by atoms with van der Waals surface area (Å²) in [6, 6.07) is 7.37. The summed E-state index contributed by atoms with van der Waals surface area (Å²) in [4.78, 5) is 34.9. The quantitative estimate of drug-likeness (QED) is 0.772. The van der Waals surface area contributed by atoms with Gasteiger partial charge in [-0.3, -0.25) is 9.59 Å². The second kappa shape index (κ2) is 8.17. The first kappa shape index (κ1) is 18.2. The van der Waals surface area contributed by atoms with Crippen molar-refractivity contribution in [2.45, 2.75) is 38.5 Å². The molecule has 6 heteroatoms. The van der Waals surface area contributed by atoms with E-state index < -0.39 is 0 Å². The van der Waals surface area contributed by atoms with Crippen LogP contribution in [0, 0.1) is 12.7 Å². The van der Waals surface area contributed by atoms with E-state index in [2.05, 4.69) is 9.97 Å². The number of hydrogen-bond acceptors (Lipinski definition) is 4. The van der Waals surface area contributed by atoms with E-state index >= 15 is 0 Å².